The van der Waals surface area contributed by atoms with Gasteiger partial charge in [0.05, 0.1) is 5.57 Å². The van der Waals surface area contributed by atoms with Crippen LogP contribution in [0.4, 0.5) is 0 Å². The second kappa shape index (κ2) is 7.57. The summed E-state index contributed by atoms with van der Waals surface area (Å²) in [5.41, 5.74) is 3.46. The third-order valence-electron chi connectivity index (χ3n) is 4.38. The predicted octanol–water partition coefficient (Wildman–Crippen LogP) is 4.93. The third kappa shape index (κ3) is 4.58. The number of benzene rings is 2. The van der Waals surface area contributed by atoms with Crippen LogP contribution in [-0.4, -0.2) is 30.3 Å². The Morgan fingerprint density at radius 2 is 1.70 bits per heavy atom. The zero-order valence-electron chi connectivity index (χ0n) is 16.0. The lowest BCUT2D eigenvalue weighted by Crippen LogP contribution is -2.18. The van der Waals surface area contributed by atoms with Gasteiger partial charge in [0.15, 0.2) is 0 Å². The van der Waals surface area contributed by atoms with E-state index in [1.165, 1.54) is 10.6 Å². The Balaban J connectivity index is 1.79. The Morgan fingerprint density at radius 1 is 1.07 bits per heavy atom. The third-order valence-corrected chi connectivity index (χ3v) is 4.63. The molecular formula is C22H23ClN2O2. The van der Waals surface area contributed by atoms with Gasteiger partial charge in [-0.3, -0.25) is 4.79 Å². The summed E-state index contributed by atoms with van der Waals surface area (Å²) in [6, 6.07) is 15.3. The van der Waals surface area contributed by atoms with E-state index in [1.807, 2.05) is 18.2 Å². The number of likely N-dealkylation sites (N-methyl/N-ethyl adjacent to an activating group) is 1. The van der Waals surface area contributed by atoms with Crippen molar-refractivity contribution < 1.29 is 9.53 Å². The van der Waals surface area contributed by atoms with Crippen LogP contribution in [-0.2, 0) is 10.2 Å². The molecule has 0 spiro atoms. The smallest absolute Gasteiger partial charge is 0.275 e. The van der Waals surface area contributed by atoms with E-state index in [2.05, 4.69) is 38.0 Å². The summed E-state index contributed by atoms with van der Waals surface area (Å²) in [7, 11) is 1.65. The van der Waals surface area contributed by atoms with Gasteiger partial charge < -0.3 is 4.74 Å². The van der Waals surface area contributed by atoms with E-state index in [1.54, 1.807) is 31.3 Å². The lowest BCUT2D eigenvalue weighted by molar-refractivity contribution is -0.124. The molecule has 0 aromatic heterocycles. The van der Waals surface area contributed by atoms with Crippen molar-refractivity contribution in [2.45, 2.75) is 26.2 Å². The molecule has 0 atom stereocenters. The lowest BCUT2D eigenvalue weighted by Gasteiger charge is -2.18. The standard InChI is InChI=1S/C22H23ClN2O2/c1-22(2,3)16-7-5-15(6-8-16)13-19-20(24-25(4)21(19)26)14-27-18-11-9-17(23)10-12-18/h5-13H,14H2,1-4H3. The molecule has 3 rings (SSSR count). The number of hydrogen-bond acceptors (Lipinski definition) is 3. The number of ether oxygens (including phenoxy) is 1. The summed E-state index contributed by atoms with van der Waals surface area (Å²) in [6.45, 7) is 6.74. The number of hydrogen-bond donors (Lipinski definition) is 0. The molecule has 0 unspecified atom stereocenters. The van der Waals surface area contributed by atoms with Crippen molar-refractivity contribution in [3.05, 3.63) is 70.3 Å². The minimum Gasteiger partial charge on any atom is -0.487 e. The van der Waals surface area contributed by atoms with Crippen LogP contribution in [0, 0.1) is 0 Å². The summed E-state index contributed by atoms with van der Waals surface area (Å²) in [5.74, 6) is 0.544. The second-order valence-electron chi connectivity index (χ2n) is 7.55. The number of rotatable bonds is 4. The molecule has 2 aromatic rings. The van der Waals surface area contributed by atoms with Crippen molar-refractivity contribution in [2.24, 2.45) is 5.10 Å². The Bertz CT molecular complexity index is 891. The summed E-state index contributed by atoms with van der Waals surface area (Å²) >= 11 is 5.89. The molecule has 1 amide bonds. The average Bonchev–Trinajstić information content (AvgIpc) is 2.89. The Kier molecular flexibility index (Phi) is 5.38. The number of carbonyl (C=O) groups is 1. The molecule has 0 bridgehead atoms. The highest BCUT2D eigenvalue weighted by molar-refractivity contribution is 6.30. The molecule has 1 aliphatic heterocycles. The second-order valence-corrected chi connectivity index (χ2v) is 7.98. The first kappa shape index (κ1) is 19.2. The van der Waals surface area contributed by atoms with Crippen LogP contribution in [0.1, 0.15) is 31.9 Å². The van der Waals surface area contributed by atoms with Crippen LogP contribution < -0.4 is 4.74 Å². The molecule has 1 aliphatic rings. The Labute approximate surface area is 165 Å². The summed E-state index contributed by atoms with van der Waals surface area (Å²) < 4.78 is 5.76. The van der Waals surface area contributed by atoms with Gasteiger partial charge in [-0.15, -0.1) is 0 Å². The van der Waals surface area contributed by atoms with Crippen LogP contribution in [0.25, 0.3) is 6.08 Å². The van der Waals surface area contributed by atoms with Crippen molar-refractivity contribution in [2.75, 3.05) is 13.7 Å². The number of amides is 1. The fraction of sp³-hybridized carbons (Fsp3) is 0.273. The fourth-order valence-electron chi connectivity index (χ4n) is 2.76. The number of nitrogens with zero attached hydrogens (tertiary/aromatic N) is 2. The van der Waals surface area contributed by atoms with E-state index < -0.39 is 0 Å². The number of carbonyl (C=O) groups excluding carboxylic acids is 1. The van der Waals surface area contributed by atoms with E-state index in [-0.39, 0.29) is 17.9 Å². The number of halogens is 1. The van der Waals surface area contributed by atoms with Gasteiger partial charge in [0.25, 0.3) is 5.91 Å². The van der Waals surface area contributed by atoms with Gasteiger partial charge >= 0.3 is 0 Å². The monoisotopic (exact) mass is 382 g/mol. The van der Waals surface area contributed by atoms with Crippen molar-refractivity contribution in [3.8, 4) is 5.75 Å². The average molecular weight is 383 g/mol. The molecule has 140 valence electrons. The molecule has 27 heavy (non-hydrogen) atoms. The minimum absolute atomic E-state index is 0.0914. The lowest BCUT2D eigenvalue weighted by atomic mass is 9.86. The quantitative estimate of drug-likeness (QED) is 0.703. The predicted molar refractivity (Wildman–Crippen MR) is 110 cm³/mol. The minimum atomic E-state index is -0.135. The summed E-state index contributed by atoms with van der Waals surface area (Å²) in [6.07, 6.45) is 1.86. The van der Waals surface area contributed by atoms with Gasteiger partial charge in [0.2, 0.25) is 0 Å². The highest BCUT2D eigenvalue weighted by Crippen LogP contribution is 2.24. The molecular weight excluding hydrogens is 360 g/mol. The van der Waals surface area contributed by atoms with E-state index in [4.69, 9.17) is 16.3 Å². The van der Waals surface area contributed by atoms with E-state index in [0.717, 1.165) is 5.56 Å². The highest BCUT2D eigenvalue weighted by Gasteiger charge is 2.27. The molecule has 4 nitrogen and oxygen atoms in total. The van der Waals surface area contributed by atoms with Crippen molar-refractivity contribution >= 4 is 29.3 Å². The first-order chi connectivity index (χ1) is 12.7. The van der Waals surface area contributed by atoms with Gasteiger partial charge in [-0.05, 0) is 46.9 Å². The van der Waals surface area contributed by atoms with Gasteiger partial charge in [-0.2, -0.15) is 5.10 Å². The largest absolute Gasteiger partial charge is 0.487 e. The summed E-state index contributed by atoms with van der Waals surface area (Å²) in [5, 5.41) is 6.31. The first-order valence-corrected chi connectivity index (χ1v) is 9.18. The van der Waals surface area contributed by atoms with Crippen LogP contribution in [0.15, 0.2) is 59.2 Å². The van der Waals surface area contributed by atoms with Gasteiger partial charge in [-0.25, -0.2) is 5.01 Å². The summed E-state index contributed by atoms with van der Waals surface area (Å²) in [4.78, 5) is 12.5. The van der Waals surface area contributed by atoms with Crippen molar-refractivity contribution in [1.29, 1.82) is 0 Å². The van der Waals surface area contributed by atoms with Crippen LogP contribution in [0.5, 0.6) is 5.75 Å². The van der Waals surface area contributed by atoms with E-state index in [9.17, 15) is 4.79 Å². The van der Waals surface area contributed by atoms with Crippen molar-refractivity contribution in [3.63, 3.8) is 0 Å². The Hall–Kier alpha value is -2.59. The number of hydrazone groups is 1. The maximum Gasteiger partial charge on any atom is 0.275 e. The molecule has 0 saturated carbocycles. The van der Waals surface area contributed by atoms with Crippen LogP contribution in [0.3, 0.4) is 0 Å². The van der Waals surface area contributed by atoms with E-state index in [0.29, 0.717) is 22.1 Å². The van der Waals surface area contributed by atoms with E-state index >= 15 is 0 Å². The Morgan fingerprint density at radius 3 is 2.30 bits per heavy atom. The molecule has 0 saturated heterocycles. The van der Waals surface area contributed by atoms with Gasteiger partial charge in [0.1, 0.15) is 18.1 Å². The maximum absolute atomic E-state index is 12.5. The zero-order chi connectivity index (χ0) is 19.6. The zero-order valence-corrected chi connectivity index (χ0v) is 16.7. The molecule has 0 radical (unpaired) electrons. The molecule has 0 aliphatic carbocycles. The van der Waals surface area contributed by atoms with Gasteiger partial charge in [0, 0.05) is 12.1 Å². The first-order valence-electron chi connectivity index (χ1n) is 8.80. The fourth-order valence-corrected chi connectivity index (χ4v) is 2.88. The molecule has 1 heterocycles. The SMILES string of the molecule is CN1N=C(COc2ccc(Cl)cc2)C(=Cc2ccc(C(C)(C)C)cc2)C1=O. The van der Waals surface area contributed by atoms with Crippen LogP contribution >= 0.6 is 11.6 Å². The van der Waals surface area contributed by atoms with Crippen LogP contribution in [0.2, 0.25) is 5.02 Å². The molecule has 0 N–H and O–H groups in total. The van der Waals surface area contributed by atoms with Gasteiger partial charge in [-0.1, -0.05) is 56.6 Å². The molecule has 5 heteroatoms. The topological polar surface area (TPSA) is 41.9 Å². The maximum atomic E-state index is 12.5. The normalized spacial score (nSPS) is 16.0. The molecule has 2 aromatic carbocycles. The molecule has 0 fully saturated rings. The highest BCUT2D eigenvalue weighted by atomic mass is 35.5. The van der Waals surface area contributed by atoms with Crippen molar-refractivity contribution in [1.82, 2.24) is 5.01 Å².